The van der Waals surface area contributed by atoms with Crippen LogP contribution in [0.15, 0.2) is 0 Å². The van der Waals surface area contributed by atoms with Crippen LogP contribution in [0.25, 0.3) is 0 Å². The second kappa shape index (κ2) is 6.55. The topological polar surface area (TPSA) is 32.3 Å². The zero-order valence-electron chi connectivity index (χ0n) is 12.0. The number of nitrogens with zero attached hydrogens (tertiary/aromatic N) is 1. The van der Waals surface area contributed by atoms with E-state index in [1.807, 2.05) is 7.05 Å². The molecule has 2 fully saturated rings. The molecule has 0 aromatic heterocycles. The lowest BCUT2D eigenvalue weighted by Gasteiger charge is -2.37. The molecule has 1 heterocycles. The van der Waals surface area contributed by atoms with Gasteiger partial charge in [-0.2, -0.15) is 0 Å². The Kier molecular flexibility index (Phi) is 5.04. The van der Waals surface area contributed by atoms with Crippen molar-refractivity contribution in [2.24, 2.45) is 11.8 Å². The maximum absolute atomic E-state index is 12.2. The Bertz CT molecular complexity index is 274. The minimum atomic E-state index is 0.392. The molecule has 104 valence electrons. The van der Waals surface area contributed by atoms with Crippen molar-refractivity contribution in [1.29, 1.82) is 0 Å². The lowest BCUT2D eigenvalue weighted by Crippen LogP contribution is -2.49. The standard InChI is InChI=1S/C15H28N2O/c1-12-11-17(10-9-14(12)16-2)15(18)8-7-13-5-3-4-6-13/h12-14,16H,3-11H2,1-2H3. The van der Waals surface area contributed by atoms with Gasteiger partial charge in [-0.05, 0) is 31.7 Å². The number of hydrogen-bond acceptors (Lipinski definition) is 2. The fourth-order valence-corrected chi connectivity index (χ4v) is 3.59. The Labute approximate surface area is 111 Å². The van der Waals surface area contributed by atoms with E-state index in [4.69, 9.17) is 0 Å². The average molecular weight is 252 g/mol. The summed E-state index contributed by atoms with van der Waals surface area (Å²) in [5.41, 5.74) is 0. The third kappa shape index (κ3) is 3.47. The minimum Gasteiger partial charge on any atom is -0.342 e. The maximum Gasteiger partial charge on any atom is 0.222 e. The molecule has 0 aromatic carbocycles. The van der Waals surface area contributed by atoms with E-state index in [9.17, 15) is 4.79 Å². The van der Waals surface area contributed by atoms with Crippen molar-refractivity contribution in [1.82, 2.24) is 10.2 Å². The highest BCUT2D eigenvalue weighted by molar-refractivity contribution is 5.76. The second-order valence-electron chi connectivity index (χ2n) is 6.19. The molecule has 2 unspecified atom stereocenters. The van der Waals surface area contributed by atoms with Crippen molar-refractivity contribution < 1.29 is 4.79 Å². The maximum atomic E-state index is 12.2. The quantitative estimate of drug-likeness (QED) is 0.833. The lowest BCUT2D eigenvalue weighted by atomic mass is 9.93. The third-order valence-corrected chi connectivity index (χ3v) is 4.87. The molecule has 3 heteroatoms. The van der Waals surface area contributed by atoms with Gasteiger partial charge in [0.15, 0.2) is 0 Å². The van der Waals surface area contributed by atoms with Gasteiger partial charge in [0, 0.05) is 25.6 Å². The molecular weight excluding hydrogens is 224 g/mol. The van der Waals surface area contributed by atoms with Crippen LogP contribution in [0.5, 0.6) is 0 Å². The van der Waals surface area contributed by atoms with Gasteiger partial charge in [-0.1, -0.05) is 32.6 Å². The molecule has 2 rings (SSSR count). The van der Waals surface area contributed by atoms with E-state index in [1.54, 1.807) is 0 Å². The van der Waals surface area contributed by atoms with Gasteiger partial charge in [0.2, 0.25) is 5.91 Å². The molecule has 1 aliphatic heterocycles. The molecular formula is C15H28N2O. The first kappa shape index (κ1) is 13.9. The van der Waals surface area contributed by atoms with Gasteiger partial charge < -0.3 is 10.2 Å². The van der Waals surface area contributed by atoms with Crippen molar-refractivity contribution in [3.8, 4) is 0 Å². The lowest BCUT2D eigenvalue weighted by molar-refractivity contribution is -0.133. The molecule has 1 N–H and O–H groups in total. The first-order valence-corrected chi connectivity index (χ1v) is 7.65. The van der Waals surface area contributed by atoms with Gasteiger partial charge in [-0.3, -0.25) is 4.79 Å². The SMILES string of the molecule is CNC1CCN(C(=O)CCC2CCCC2)CC1C. The fourth-order valence-electron chi connectivity index (χ4n) is 3.59. The molecule has 3 nitrogen and oxygen atoms in total. The monoisotopic (exact) mass is 252 g/mol. The summed E-state index contributed by atoms with van der Waals surface area (Å²) in [6, 6.07) is 0.587. The number of carbonyl (C=O) groups is 1. The van der Waals surface area contributed by atoms with Crippen LogP contribution >= 0.6 is 0 Å². The predicted octanol–water partition coefficient (Wildman–Crippen LogP) is 2.41. The summed E-state index contributed by atoms with van der Waals surface area (Å²) in [6.07, 6.45) is 8.47. The van der Waals surface area contributed by atoms with Gasteiger partial charge >= 0.3 is 0 Å². The molecule has 1 amide bonds. The number of rotatable bonds is 4. The zero-order valence-corrected chi connectivity index (χ0v) is 12.0. The van der Waals surface area contributed by atoms with Gasteiger partial charge in [-0.25, -0.2) is 0 Å². The molecule has 18 heavy (non-hydrogen) atoms. The van der Waals surface area contributed by atoms with Crippen LogP contribution < -0.4 is 5.32 Å². The normalized spacial score (nSPS) is 29.8. The van der Waals surface area contributed by atoms with Gasteiger partial charge in [0.25, 0.3) is 0 Å². The first-order valence-electron chi connectivity index (χ1n) is 7.65. The largest absolute Gasteiger partial charge is 0.342 e. The zero-order chi connectivity index (χ0) is 13.0. The Balaban J connectivity index is 1.72. The van der Waals surface area contributed by atoms with Crippen LogP contribution in [0, 0.1) is 11.8 Å². The van der Waals surface area contributed by atoms with Crippen molar-refractivity contribution in [3.05, 3.63) is 0 Å². The summed E-state index contributed by atoms with van der Waals surface area (Å²) in [5, 5.41) is 3.35. The summed E-state index contributed by atoms with van der Waals surface area (Å²) in [4.78, 5) is 14.3. The first-order chi connectivity index (χ1) is 8.70. The van der Waals surface area contributed by atoms with Gasteiger partial charge in [0.05, 0.1) is 0 Å². The molecule has 1 aliphatic carbocycles. The molecule has 0 spiro atoms. The predicted molar refractivity (Wildman–Crippen MR) is 74.4 cm³/mol. The smallest absolute Gasteiger partial charge is 0.222 e. The average Bonchev–Trinajstić information content (AvgIpc) is 2.89. The van der Waals surface area contributed by atoms with E-state index in [0.717, 1.165) is 38.3 Å². The molecule has 1 saturated heterocycles. The van der Waals surface area contributed by atoms with Crippen molar-refractivity contribution in [2.75, 3.05) is 20.1 Å². The van der Waals surface area contributed by atoms with Crippen LogP contribution in [0.2, 0.25) is 0 Å². The van der Waals surface area contributed by atoms with Crippen molar-refractivity contribution in [3.63, 3.8) is 0 Å². The summed E-state index contributed by atoms with van der Waals surface area (Å²) in [7, 11) is 2.03. The van der Waals surface area contributed by atoms with Gasteiger partial charge in [-0.15, -0.1) is 0 Å². The summed E-state index contributed by atoms with van der Waals surface area (Å²) in [5.74, 6) is 1.81. The fraction of sp³-hybridized carbons (Fsp3) is 0.933. The van der Waals surface area contributed by atoms with Crippen LogP contribution in [-0.4, -0.2) is 37.0 Å². The molecule has 2 aliphatic rings. The van der Waals surface area contributed by atoms with Crippen LogP contribution in [-0.2, 0) is 4.79 Å². The Morgan fingerprint density at radius 3 is 2.61 bits per heavy atom. The minimum absolute atomic E-state index is 0.392. The van der Waals surface area contributed by atoms with E-state index in [0.29, 0.717) is 17.9 Å². The van der Waals surface area contributed by atoms with E-state index in [-0.39, 0.29) is 0 Å². The molecule has 2 atom stereocenters. The number of likely N-dealkylation sites (tertiary alicyclic amines) is 1. The molecule has 0 aromatic rings. The van der Waals surface area contributed by atoms with Gasteiger partial charge in [0.1, 0.15) is 0 Å². The van der Waals surface area contributed by atoms with Crippen molar-refractivity contribution in [2.45, 2.75) is 57.9 Å². The van der Waals surface area contributed by atoms with Crippen LogP contribution in [0.3, 0.4) is 0 Å². The molecule has 1 saturated carbocycles. The summed E-state index contributed by atoms with van der Waals surface area (Å²) >= 11 is 0. The van der Waals surface area contributed by atoms with Crippen molar-refractivity contribution >= 4 is 5.91 Å². The highest BCUT2D eigenvalue weighted by Gasteiger charge is 2.27. The van der Waals surface area contributed by atoms with E-state index >= 15 is 0 Å². The number of amides is 1. The van der Waals surface area contributed by atoms with Crippen LogP contribution in [0.1, 0.15) is 51.9 Å². The Hall–Kier alpha value is -0.570. The third-order valence-electron chi connectivity index (χ3n) is 4.87. The Morgan fingerprint density at radius 1 is 1.28 bits per heavy atom. The number of carbonyl (C=O) groups excluding carboxylic acids is 1. The highest BCUT2D eigenvalue weighted by atomic mass is 16.2. The summed E-state index contributed by atoms with van der Waals surface area (Å²) in [6.45, 7) is 4.13. The summed E-state index contributed by atoms with van der Waals surface area (Å²) < 4.78 is 0. The highest BCUT2D eigenvalue weighted by Crippen LogP contribution is 2.29. The van der Waals surface area contributed by atoms with E-state index < -0.39 is 0 Å². The van der Waals surface area contributed by atoms with E-state index in [2.05, 4.69) is 17.1 Å². The molecule has 0 bridgehead atoms. The van der Waals surface area contributed by atoms with E-state index in [1.165, 1.54) is 25.7 Å². The second-order valence-corrected chi connectivity index (χ2v) is 6.19. The number of piperidine rings is 1. The number of nitrogens with one attached hydrogen (secondary N) is 1. The van der Waals surface area contributed by atoms with Crippen LogP contribution in [0.4, 0.5) is 0 Å². The molecule has 0 radical (unpaired) electrons. The Morgan fingerprint density at radius 2 is 2.00 bits per heavy atom. The number of hydrogen-bond donors (Lipinski definition) is 1.